The predicted octanol–water partition coefficient (Wildman–Crippen LogP) is 12.7. The summed E-state index contributed by atoms with van der Waals surface area (Å²) in [6, 6.07) is -1.18. The van der Waals surface area contributed by atoms with Crippen molar-refractivity contribution in [1.29, 1.82) is 0 Å². The molecule has 0 aromatic rings. The van der Waals surface area contributed by atoms with E-state index in [0.717, 1.165) is 38.5 Å². The van der Waals surface area contributed by atoms with Crippen LogP contribution in [0.4, 0.5) is 0 Å². The van der Waals surface area contributed by atoms with Crippen LogP contribution in [-0.4, -0.2) is 110 Å². The Morgan fingerprint density at radius 3 is 1.23 bits per heavy atom. The maximum absolute atomic E-state index is 13.2. The van der Waals surface area contributed by atoms with Crippen molar-refractivity contribution in [3.8, 4) is 0 Å². The van der Waals surface area contributed by atoms with Crippen molar-refractivity contribution in [3.05, 3.63) is 12.2 Å². The van der Waals surface area contributed by atoms with Crippen LogP contribution in [0.3, 0.4) is 0 Å². The third kappa shape index (κ3) is 36.7. The van der Waals surface area contributed by atoms with Crippen molar-refractivity contribution in [3.63, 3.8) is 0 Å². The molecular formula is C59H115NO10. The van der Waals surface area contributed by atoms with Crippen molar-refractivity contribution in [2.24, 2.45) is 0 Å². The number of hydrogen-bond acceptors (Lipinski definition) is 10. The van der Waals surface area contributed by atoms with Crippen LogP contribution >= 0.6 is 0 Å². The highest BCUT2D eigenvalue weighted by Gasteiger charge is 2.44. The molecule has 0 radical (unpaired) electrons. The van der Waals surface area contributed by atoms with Crippen LogP contribution in [0.15, 0.2) is 12.2 Å². The Labute approximate surface area is 430 Å². The molecule has 9 unspecified atom stereocenters. The van der Waals surface area contributed by atoms with Gasteiger partial charge < -0.3 is 50.5 Å². The minimum absolute atomic E-state index is 0.259. The summed E-state index contributed by atoms with van der Waals surface area (Å²) in [5.41, 5.74) is 0. The number of allylic oxidation sites excluding steroid dienone is 2. The fraction of sp³-hybridized carbons (Fsp3) is 0.949. The SMILES string of the molecule is CCCCCCCCC/C=C/CCCC(O)C(O)C(COC1OC(CO)C(O)C(O)C1O)NC(=O)C(O)CCCCCCCCCCCCCCCCCCCCCCCCCCCCCCCCC. The second-order valence-electron chi connectivity index (χ2n) is 21.4. The molecular weight excluding hydrogens is 883 g/mol. The van der Waals surface area contributed by atoms with E-state index in [1.165, 1.54) is 212 Å². The van der Waals surface area contributed by atoms with Crippen LogP contribution in [-0.2, 0) is 14.3 Å². The monoisotopic (exact) mass is 998 g/mol. The average Bonchev–Trinajstić information content (AvgIpc) is 3.36. The summed E-state index contributed by atoms with van der Waals surface area (Å²) >= 11 is 0. The molecule has 1 rings (SSSR count). The van der Waals surface area contributed by atoms with Crippen molar-refractivity contribution in [1.82, 2.24) is 5.32 Å². The molecule has 1 aliphatic heterocycles. The van der Waals surface area contributed by atoms with Crippen molar-refractivity contribution in [2.75, 3.05) is 13.2 Å². The van der Waals surface area contributed by atoms with E-state index < -0.39 is 74.2 Å². The Bertz CT molecular complexity index is 1140. The highest BCUT2D eigenvalue weighted by Crippen LogP contribution is 2.23. The van der Waals surface area contributed by atoms with E-state index in [1.54, 1.807) is 0 Å². The Balaban J connectivity index is 2.18. The van der Waals surface area contributed by atoms with Crippen LogP contribution in [0.2, 0.25) is 0 Å². The highest BCUT2D eigenvalue weighted by atomic mass is 16.7. The smallest absolute Gasteiger partial charge is 0.249 e. The van der Waals surface area contributed by atoms with Gasteiger partial charge in [-0.15, -0.1) is 0 Å². The van der Waals surface area contributed by atoms with Gasteiger partial charge in [0.15, 0.2) is 6.29 Å². The molecule has 1 aliphatic rings. The molecule has 1 heterocycles. The topological polar surface area (TPSA) is 189 Å². The Morgan fingerprint density at radius 2 is 0.843 bits per heavy atom. The highest BCUT2D eigenvalue weighted by molar-refractivity contribution is 5.80. The maximum atomic E-state index is 13.2. The second kappa shape index (κ2) is 48.8. The first-order valence-corrected chi connectivity index (χ1v) is 30.1. The number of aliphatic hydroxyl groups is 7. The van der Waals surface area contributed by atoms with Gasteiger partial charge >= 0.3 is 0 Å². The molecule has 0 bridgehead atoms. The van der Waals surface area contributed by atoms with Gasteiger partial charge in [0, 0.05) is 0 Å². The summed E-state index contributed by atoms with van der Waals surface area (Å²) in [7, 11) is 0. The van der Waals surface area contributed by atoms with Crippen LogP contribution < -0.4 is 5.32 Å². The molecule has 0 spiro atoms. The zero-order chi connectivity index (χ0) is 51.1. The summed E-state index contributed by atoms with van der Waals surface area (Å²) in [6.07, 6.45) is 45.9. The van der Waals surface area contributed by atoms with Crippen molar-refractivity contribution in [2.45, 2.75) is 345 Å². The number of amides is 1. The van der Waals surface area contributed by atoms with Gasteiger partial charge in [0.25, 0.3) is 0 Å². The van der Waals surface area contributed by atoms with E-state index >= 15 is 0 Å². The molecule has 8 N–H and O–H groups in total. The lowest BCUT2D eigenvalue weighted by Crippen LogP contribution is -2.60. The van der Waals surface area contributed by atoms with Gasteiger partial charge in [0.1, 0.15) is 36.6 Å². The summed E-state index contributed by atoms with van der Waals surface area (Å²) in [5, 5.41) is 75.9. The first-order chi connectivity index (χ1) is 34.2. The molecule has 0 aliphatic carbocycles. The number of rotatable bonds is 52. The maximum Gasteiger partial charge on any atom is 0.249 e. The van der Waals surface area contributed by atoms with E-state index in [1.807, 2.05) is 0 Å². The van der Waals surface area contributed by atoms with Gasteiger partial charge in [0.2, 0.25) is 5.91 Å². The van der Waals surface area contributed by atoms with E-state index in [0.29, 0.717) is 12.8 Å². The standard InChI is InChI=1S/C59H115NO10/c1-3-5-7-9-11-13-15-17-18-19-20-21-22-23-24-25-26-27-28-29-30-31-32-33-34-35-37-39-41-43-45-47-52(63)58(68)60-50(49-69-59-57(67)56(66)55(65)53(48-61)70-59)54(64)51(62)46-44-42-40-38-36-16-14-12-10-8-6-4-2/h38,40,50-57,59,61-67H,3-37,39,41-49H2,1-2H3,(H,60,68)/b40-38+. The number of nitrogens with one attached hydrogen (secondary N) is 1. The van der Waals surface area contributed by atoms with Crippen molar-refractivity contribution < 1.29 is 50.0 Å². The third-order valence-electron chi connectivity index (χ3n) is 14.8. The number of carbonyl (C=O) groups excluding carboxylic acids is 1. The van der Waals surface area contributed by atoms with Crippen molar-refractivity contribution >= 4 is 5.91 Å². The zero-order valence-corrected chi connectivity index (χ0v) is 45.5. The minimum Gasteiger partial charge on any atom is -0.394 e. The molecule has 0 aromatic heterocycles. The summed E-state index contributed by atoms with van der Waals surface area (Å²) < 4.78 is 11.1. The van der Waals surface area contributed by atoms with Gasteiger partial charge in [-0.05, 0) is 38.5 Å². The number of carbonyl (C=O) groups is 1. The molecule has 1 amide bonds. The van der Waals surface area contributed by atoms with E-state index in [-0.39, 0.29) is 12.8 Å². The normalized spacial score (nSPS) is 20.3. The quantitative estimate of drug-likeness (QED) is 0.0215. The number of unbranched alkanes of at least 4 members (excludes halogenated alkanes) is 38. The van der Waals surface area contributed by atoms with E-state index in [4.69, 9.17) is 9.47 Å². The Hall–Kier alpha value is -1.15. The molecule has 70 heavy (non-hydrogen) atoms. The number of aliphatic hydroxyl groups excluding tert-OH is 7. The predicted molar refractivity (Wildman–Crippen MR) is 289 cm³/mol. The molecule has 416 valence electrons. The lowest BCUT2D eigenvalue weighted by atomic mass is 9.98. The zero-order valence-electron chi connectivity index (χ0n) is 45.5. The van der Waals surface area contributed by atoms with Crippen LogP contribution in [0.1, 0.15) is 290 Å². The van der Waals surface area contributed by atoms with E-state index in [9.17, 15) is 40.5 Å². The number of hydrogen-bond donors (Lipinski definition) is 8. The summed E-state index contributed by atoms with van der Waals surface area (Å²) in [6.45, 7) is 3.45. The Morgan fingerprint density at radius 1 is 0.486 bits per heavy atom. The number of ether oxygens (including phenoxy) is 2. The molecule has 0 saturated carbocycles. The minimum atomic E-state index is -1.66. The molecule has 0 aromatic carbocycles. The summed E-state index contributed by atoms with van der Waals surface area (Å²) in [5.74, 6) is -0.701. The first-order valence-electron chi connectivity index (χ1n) is 30.1. The Kier molecular flexibility index (Phi) is 46.6. The van der Waals surface area contributed by atoms with Crippen LogP contribution in [0.25, 0.3) is 0 Å². The van der Waals surface area contributed by atoms with Gasteiger partial charge in [-0.3, -0.25) is 4.79 Å². The fourth-order valence-corrected chi connectivity index (χ4v) is 9.92. The van der Waals surface area contributed by atoms with Crippen LogP contribution in [0.5, 0.6) is 0 Å². The molecule has 11 nitrogen and oxygen atoms in total. The second-order valence-corrected chi connectivity index (χ2v) is 21.4. The molecule has 1 saturated heterocycles. The molecule has 1 fully saturated rings. The van der Waals surface area contributed by atoms with Gasteiger partial charge in [-0.2, -0.15) is 0 Å². The van der Waals surface area contributed by atoms with E-state index in [2.05, 4.69) is 31.3 Å². The van der Waals surface area contributed by atoms with Gasteiger partial charge in [0.05, 0.1) is 25.4 Å². The lowest BCUT2D eigenvalue weighted by Gasteiger charge is -2.40. The van der Waals surface area contributed by atoms with Gasteiger partial charge in [-0.25, -0.2) is 0 Å². The summed E-state index contributed by atoms with van der Waals surface area (Å²) in [4.78, 5) is 13.2. The fourth-order valence-electron chi connectivity index (χ4n) is 9.92. The first kappa shape index (κ1) is 66.9. The average molecular weight is 999 g/mol. The van der Waals surface area contributed by atoms with Gasteiger partial charge in [-0.1, -0.05) is 264 Å². The molecule has 9 atom stereocenters. The van der Waals surface area contributed by atoms with Crippen LogP contribution in [0, 0.1) is 0 Å². The largest absolute Gasteiger partial charge is 0.394 e. The molecule has 11 heteroatoms. The third-order valence-corrected chi connectivity index (χ3v) is 14.8. The lowest BCUT2D eigenvalue weighted by molar-refractivity contribution is -0.303.